The van der Waals surface area contributed by atoms with E-state index in [1.165, 1.54) is 18.2 Å². The maximum Gasteiger partial charge on any atom is 0.339 e. The zero-order valence-electron chi connectivity index (χ0n) is 18.8. The van der Waals surface area contributed by atoms with Crippen molar-refractivity contribution in [3.63, 3.8) is 0 Å². The van der Waals surface area contributed by atoms with Crippen LogP contribution in [-0.4, -0.2) is 25.9 Å². The number of ketones is 1. The van der Waals surface area contributed by atoms with Gasteiger partial charge in [-0.05, 0) is 67.6 Å². The number of hydrogen-bond acceptors (Lipinski definition) is 6. The Bertz CT molecular complexity index is 1600. The highest BCUT2D eigenvalue weighted by Crippen LogP contribution is 2.37. The number of carbonyl (C=O) groups is 1. The molecule has 2 heterocycles. The third-order valence-electron chi connectivity index (χ3n) is 5.70. The molecule has 0 amide bonds. The van der Waals surface area contributed by atoms with Gasteiger partial charge in [-0.15, -0.1) is 0 Å². The van der Waals surface area contributed by atoms with Gasteiger partial charge in [-0.2, -0.15) is 8.42 Å². The average molecular weight is 494 g/mol. The predicted octanol–water partition coefficient (Wildman–Crippen LogP) is 5.19. The number of benzene rings is 3. The molecular weight excluding hydrogens is 473 g/mol. The van der Waals surface area contributed by atoms with Gasteiger partial charge in [0, 0.05) is 35.3 Å². The lowest BCUT2D eigenvalue weighted by Crippen LogP contribution is -2.09. The molecule has 7 nitrogen and oxygen atoms in total. The van der Waals surface area contributed by atoms with Crippen molar-refractivity contribution in [3.05, 3.63) is 89.6 Å². The zero-order chi connectivity index (χ0) is 24.7. The third-order valence-corrected chi connectivity index (χ3v) is 6.96. The molecule has 5 rings (SSSR count). The van der Waals surface area contributed by atoms with Crippen LogP contribution in [0.25, 0.3) is 17.0 Å². The Hall–Kier alpha value is -4.11. The van der Waals surface area contributed by atoms with Gasteiger partial charge in [0.05, 0.1) is 12.7 Å². The number of hydrogen-bond donors (Lipinski definition) is 0. The first-order valence-electron chi connectivity index (χ1n) is 10.7. The number of ether oxygens (including phenoxy) is 2. The summed E-state index contributed by atoms with van der Waals surface area (Å²) in [6, 6.07) is 14.2. The van der Waals surface area contributed by atoms with Crippen molar-refractivity contribution in [1.82, 2.24) is 4.57 Å². The molecule has 0 spiro atoms. The Morgan fingerprint density at radius 2 is 1.77 bits per heavy atom. The summed E-state index contributed by atoms with van der Waals surface area (Å²) in [5.41, 5.74) is 2.07. The number of fused-ring (bicyclic) bond motifs is 2. The molecule has 0 saturated heterocycles. The summed E-state index contributed by atoms with van der Waals surface area (Å²) in [5.74, 6) is 0.0642. The van der Waals surface area contributed by atoms with Gasteiger partial charge in [-0.25, -0.2) is 4.39 Å². The van der Waals surface area contributed by atoms with Crippen LogP contribution in [0.2, 0.25) is 0 Å². The Kier molecular flexibility index (Phi) is 5.56. The molecule has 0 saturated carbocycles. The van der Waals surface area contributed by atoms with E-state index >= 15 is 0 Å². The molecule has 4 aromatic rings. The second kappa shape index (κ2) is 8.59. The van der Waals surface area contributed by atoms with E-state index < -0.39 is 15.9 Å². The molecule has 0 radical (unpaired) electrons. The van der Waals surface area contributed by atoms with Crippen LogP contribution < -0.4 is 13.7 Å². The van der Waals surface area contributed by atoms with Crippen LogP contribution in [0.1, 0.15) is 22.8 Å². The topological polar surface area (TPSA) is 83.8 Å². The van der Waals surface area contributed by atoms with Gasteiger partial charge in [0.1, 0.15) is 28.0 Å². The second-order valence-corrected chi connectivity index (χ2v) is 9.39. The fraction of sp³-hybridized carbons (Fsp3) is 0.115. The molecule has 0 N–H and O–H groups in total. The number of halogens is 1. The predicted molar refractivity (Wildman–Crippen MR) is 128 cm³/mol. The number of allylic oxidation sites excluding steroid dienone is 1. The quantitative estimate of drug-likeness (QED) is 0.271. The minimum absolute atomic E-state index is 0.0329. The van der Waals surface area contributed by atoms with E-state index in [1.54, 1.807) is 13.2 Å². The smallest absolute Gasteiger partial charge is 0.339 e. The summed E-state index contributed by atoms with van der Waals surface area (Å²) in [5, 5.41) is 0.903. The van der Waals surface area contributed by atoms with E-state index in [1.807, 2.05) is 31.3 Å². The van der Waals surface area contributed by atoms with Crippen LogP contribution in [0.15, 0.2) is 77.5 Å². The van der Waals surface area contributed by atoms with Gasteiger partial charge in [0.25, 0.3) is 0 Å². The maximum atomic E-state index is 13.1. The van der Waals surface area contributed by atoms with E-state index in [0.717, 1.165) is 47.3 Å². The SMILES string of the molecule is CCn1cc(/C=C2/Oc3cc(OS(=O)(=O)c4ccc(F)cc4)ccc3C2=O)c2cc(OC)ccc21. The number of nitrogens with zero attached hydrogens (tertiary/aromatic N) is 1. The van der Waals surface area contributed by atoms with Crippen molar-refractivity contribution >= 4 is 32.9 Å². The van der Waals surface area contributed by atoms with E-state index in [0.29, 0.717) is 11.3 Å². The van der Waals surface area contributed by atoms with Gasteiger partial charge in [-0.1, -0.05) is 0 Å². The summed E-state index contributed by atoms with van der Waals surface area (Å²) in [6.07, 6.45) is 3.59. The number of carbonyl (C=O) groups excluding carboxylic acids is 1. The van der Waals surface area contributed by atoms with Gasteiger partial charge in [0.15, 0.2) is 5.76 Å². The fourth-order valence-electron chi connectivity index (χ4n) is 3.94. The second-order valence-electron chi connectivity index (χ2n) is 7.84. The van der Waals surface area contributed by atoms with Crippen LogP contribution in [0.4, 0.5) is 4.39 Å². The van der Waals surface area contributed by atoms with Gasteiger partial charge in [-0.3, -0.25) is 4.79 Å². The Labute approximate surface area is 201 Å². The van der Waals surface area contributed by atoms with Crippen LogP contribution >= 0.6 is 0 Å². The molecule has 9 heteroatoms. The number of rotatable bonds is 6. The molecule has 0 unspecified atom stereocenters. The third kappa shape index (κ3) is 4.15. The number of methoxy groups -OCH3 is 1. The van der Waals surface area contributed by atoms with Crippen molar-refractivity contribution in [3.8, 4) is 17.2 Å². The maximum absolute atomic E-state index is 13.1. The number of aromatic nitrogens is 1. The molecule has 1 aromatic heterocycles. The highest BCUT2D eigenvalue weighted by atomic mass is 32.2. The normalized spacial score (nSPS) is 14.3. The monoisotopic (exact) mass is 493 g/mol. The standard InChI is InChI=1S/C26H20FNO6S/c1-3-28-15-16(22-13-18(32-2)7-11-23(22)28)12-25-26(29)21-10-6-19(14-24(21)33-25)34-35(30,31)20-8-4-17(27)5-9-20/h4-15H,3H2,1-2H3/b25-12+. The van der Waals surface area contributed by atoms with Crippen molar-refractivity contribution in [1.29, 1.82) is 0 Å². The molecule has 178 valence electrons. The first kappa shape index (κ1) is 22.7. The molecule has 0 bridgehead atoms. The zero-order valence-corrected chi connectivity index (χ0v) is 19.6. The van der Waals surface area contributed by atoms with Crippen LogP contribution in [0, 0.1) is 5.82 Å². The average Bonchev–Trinajstić information content (AvgIpc) is 3.35. The lowest BCUT2D eigenvalue weighted by molar-refractivity contribution is 0.101. The highest BCUT2D eigenvalue weighted by Gasteiger charge is 2.29. The lowest BCUT2D eigenvalue weighted by Gasteiger charge is -2.07. The minimum atomic E-state index is -4.19. The molecule has 3 aromatic carbocycles. The first-order valence-corrected chi connectivity index (χ1v) is 12.1. The van der Waals surface area contributed by atoms with Crippen molar-refractivity contribution in [2.45, 2.75) is 18.4 Å². The first-order chi connectivity index (χ1) is 16.8. The fourth-order valence-corrected chi connectivity index (χ4v) is 4.87. The molecule has 0 fully saturated rings. The van der Waals surface area contributed by atoms with E-state index in [2.05, 4.69) is 4.57 Å². The molecular formula is C26H20FNO6S. The molecule has 0 aliphatic carbocycles. The summed E-state index contributed by atoms with van der Waals surface area (Å²) < 4.78 is 56.5. The summed E-state index contributed by atoms with van der Waals surface area (Å²) in [6.45, 7) is 2.76. The number of aryl methyl sites for hydroxylation is 1. The van der Waals surface area contributed by atoms with Crippen molar-refractivity contribution < 1.29 is 31.3 Å². The van der Waals surface area contributed by atoms with E-state index in [4.69, 9.17) is 13.7 Å². The molecule has 1 aliphatic rings. The molecule has 0 atom stereocenters. The largest absolute Gasteiger partial charge is 0.497 e. The summed E-state index contributed by atoms with van der Waals surface area (Å²) >= 11 is 0. The molecule has 35 heavy (non-hydrogen) atoms. The van der Waals surface area contributed by atoms with Gasteiger partial charge >= 0.3 is 10.1 Å². The Balaban J connectivity index is 1.46. The Morgan fingerprint density at radius 3 is 2.49 bits per heavy atom. The van der Waals surface area contributed by atoms with Crippen LogP contribution in [0.3, 0.4) is 0 Å². The van der Waals surface area contributed by atoms with Crippen LogP contribution in [0.5, 0.6) is 17.2 Å². The summed E-state index contributed by atoms with van der Waals surface area (Å²) in [4.78, 5) is 12.8. The van der Waals surface area contributed by atoms with Gasteiger partial charge in [0.2, 0.25) is 5.78 Å². The van der Waals surface area contributed by atoms with E-state index in [9.17, 15) is 17.6 Å². The van der Waals surface area contributed by atoms with Crippen molar-refractivity contribution in [2.75, 3.05) is 7.11 Å². The number of Topliss-reactive ketones (excluding diaryl/α,β-unsaturated/α-hetero) is 1. The highest BCUT2D eigenvalue weighted by molar-refractivity contribution is 7.87. The Morgan fingerprint density at radius 1 is 1.03 bits per heavy atom. The lowest BCUT2D eigenvalue weighted by atomic mass is 10.1. The molecule has 1 aliphatic heterocycles. The van der Waals surface area contributed by atoms with Crippen molar-refractivity contribution in [2.24, 2.45) is 0 Å². The summed E-state index contributed by atoms with van der Waals surface area (Å²) in [7, 11) is -2.60. The van der Waals surface area contributed by atoms with E-state index in [-0.39, 0.29) is 27.9 Å². The minimum Gasteiger partial charge on any atom is -0.497 e. The van der Waals surface area contributed by atoms with Gasteiger partial charge < -0.3 is 18.2 Å². The van der Waals surface area contributed by atoms with Crippen LogP contribution in [-0.2, 0) is 16.7 Å².